The van der Waals surface area contributed by atoms with E-state index in [0.29, 0.717) is 42.4 Å². The molecule has 1 aliphatic rings. The molecule has 0 saturated carbocycles. The summed E-state index contributed by atoms with van der Waals surface area (Å²) in [7, 11) is 0. The number of carbonyl (C=O) groups excluding carboxylic acids is 1. The van der Waals surface area contributed by atoms with Crippen LogP contribution in [-0.2, 0) is 4.79 Å². The van der Waals surface area contributed by atoms with Crippen LogP contribution in [0.4, 0.5) is 11.8 Å². The van der Waals surface area contributed by atoms with Gasteiger partial charge in [0.15, 0.2) is 17.0 Å². The summed E-state index contributed by atoms with van der Waals surface area (Å²) < 4.78 is 1.91. The highest BCUT2D eigenvalue weighted by Gasteiger charge is 2.19. The fourth-order valence-electron chi connectivity index (χ4n) is 3.46. The second-order valence-corrected chi connectivity index (χ2v) is 6.93. The van der Waals surface area contributed by atoms with Crippen LogP contribution in [0.25, 0.3) is 16.9 Å². The topological polar surface area (TPSA) is 108 Å². The lowest BCUT2D eigenvalue weighted by Crippen LogP contribution is -2.27. The molecule has 0 unspecified atom stereocenters. The minimum absolute atomic E-state index is 0.00247. The quantitative estimate of drug-likeness (QED) is 0.473. The first-order valence-corrected chi connectivity index (χ1v) is 9.93. The van der Waals surface area contributed by atoms with Gasteiger partial charge in [0.05, 0.1) is 6.61 Å². The number of aliphatic hydroxyl groups excluding tert-OH is 1. The molecule has 0 atom stereocenters. The summed E-state index contributed by atoms with van der Waals surface area (Å²) in [6.07, 6.45) is 4.16. The number of benzene rings is 1. The third kappa shape index (κ3) is 4.29. The van der Waals surface area contributed by atoms with Gasteiger partial charge >= 0.3 is 0 Å². The van der Waals surface area contributed by atoms with Gasteiger partial charge in [-0.25, -0.2) is 4.98 Å². The van der Waals surface area contributed by atoms with Crippen molar-refractivity contribution in [1.82, 2.24) is 24.4 Å². The molecular formula is C20H25N7O2. The van der Waals surface area contributed by atoms with Crippen molar-refractivity contribution < 1.29 is 9.90 Å². The van der Waals surface area contributed by atoms with E-state index in [1.54, 1.807) is 6.33 Å². The predicted octanol–water partition coefficient (Wildman–Crippen LogP) is 1.64. The van der Waals surface area contributed by atoms with Crippen molar-refractivity contribution in [3.05, 3.63) is 36.7 Å². The number of amides is 1. The highest BCUT2D eigenvalue weighted by Crippen LogP contribution is 2.23. The van der Waals surface area contributed by atoms with Crippen LogP contribution in [-0.4, -0.2) is 68.2 Å². The lowest BCUT2D eigenvalue weighted by molar-refractivity contribution is -0.127. The summed E-state index contributed by atoms with van der Waals surface area (Å²) >= 11 is 0. The van der Waals surface area contributed by atoms with Crippen molar-refractivity contribution in [2.24, 2.45) is 0 Å². The maximum atomic E-state index is 11.7. The van der Waals surface area contributed by atoms with Gasteiger partial charge < -0.3 is 20.6 Å². The molecule has 1 amide bonds. The van der Waals surface area contributed by atoms with Crippen LogP contribution < -0.4 is 10.6 Å². The molecule has 1 aromatic carbocycles. The van der Waals surface area contributed by atoms with Gasteiger partial charge in [0.1, 0.15) is 6.33 Å². The monoisotopic (exact) mass is 395 g/mol. The molecular weight excluding hydrogens is 370 g/mol. The third-order valence-electron chi connectivity index (χ3n) is 4.89. The number of aliphatic hydroxyl groups is 1. The number of nitrogens with zero attached hydrogens (tertiary/aromatic N) is 5. The van der Waals surface area contributed by atoms with Crippen LogP contribution in [0.3, 0.4) is 0 Å². The molecule has 3 heterocycles. The largest absolute Gasteiger partial charge is 0.395 e. The molecule has 3 aromatic rings. The van der Waals surface area contributed by atoms with Crippen molar-refractivity contribution in [3.8, 4) is 5.69 Å². The van der Waals surface area contributed by atoms with Gasteiger partial charge in [-0.3, -0.25) is 9.36 Å². The predicted molar refractivity (Wildman–Crippen MR) is 111 cm³/mol. The van der Waals surface area contributed by atoms with Gasteiger partial charge in [0.2, 0.25) is 11.9 Å². The molecule has 4 rings (SSSR count). The number of carbonyl (C=O) groups is 1. The zero-order valence-electron chi connectivity index (χ0n) is 16.2. The summed E-state index contributed by atoms with van der Waals surface area (Å²) in [5.74, 6) is 1.31. The first-order valence-electron chi connectivity index (χ1n) is 9.93. The molecule has 1 aliphatic heterocycles. The lowest BCUT2D eigenvalue weighted by Gasteiger charge is -2.15. The Morgan fingerprint density at radius 1 is 1.10 bits per heavy atom. The van der Waals surface area contributed by atoms with Gasteiger partial charge in [-0.1, -0.05) is 18.2 Å². The Morgan fingerprint density at radius 3 is 2.72 bits per heavy atom. The number of anilines is 2. The molecule has 0 radical (unpaired) electrons. The van der Waals surface area contributed by atoms with Crippen molar-refractivity contribution in [3.63, 3.8) is 0 Å². The van der Waals surface area contributed by atoms with E-state index in [2.05, 4.69) is 25.6 Å². The number of hydrogen-bond donors (Lipinski definition) is 3. The third-order valence-corrected chi connectivity index (χ3v) is 4.89. The minimum atomic E-state index is -0.00247. The fraction of sp³-hybridized carbons (Fsp3) is 0.400. The smallest absolute Gasteiger partial charge is 0.226 e. The molecule has 0 bridgehead atoms. The number of imidazole rings is 1. The SMILES string of the molecule is O=C1CCCN1CCCNc1nc(NCCO)c2ncn(-c3ccccc3)c2n1. The van der Waals surface area contributed by atoms with Crippen LogP contribution in [0.2, 0.25) is 0 Å². The Labute approximate surface area is 168 Å². The lowest BCUT2D eigenvalue weighted by atomic mass is 10.3. The zero-order chi connectivity index (χ0) is 20.1. The molecule has 0 aliphatic carbocycles. The number of likely N-dealkylation sites (tertiary alicyclic amines) is 1. The molecule has 1 fully saturated rings. The van der Waals surface area contributed by atoms with E-state index >= 15 is 0 Å². The van der Waals surface area contributed by atoms with Crippen LogP contribution >= 0.6 is 0 Å². The van der Waals surface area contributed by atoms with Gasteiger partial charge in [-0.15, -0.1) is 0 Å². The van der Waals surface area contributed by atoms with Crippen molar-refractivity contribution in [2.45, 2.75) is 19.3 Å². The molecule has 152 valence electrons. The van der Waals surface area contributed by atoms with E-state index in [0.717, 1.165) is 31.6 Å². The van der Waals surface area contributed by atoms with Crippen LogP contribution in [0.1, 0.15) is 19.3 Å². The molecule has 1 saturated heterocycles. The first-order chi connectivity index (χ1) is 14.3. The summed E-state index contributed by atoms with van der Waals surface area (Å²) in [4.78, 5) is 27.3. The number of nitrogens with one attached hydrogen (secondary N) is 2. The fourth-order valence-corrected chi connectivity index (χ4v) is 3.46. The van der Waals surface area contributed by atoms with Crippen LogP contribution in [0.15, 0.2) is 36.7 Å². The molecule has 9 nitrogen and oxygen atoms in total. The minimum Gasteiger partial charge on any atom is -0.395 e. The highest BCUT2D eigenvalue weighted by atomic mass is 16.3. The maximum absolute atomic E-state index is 11.7. The second-order valence-electron chi connectivity index (χ2n) is 6.93. The van der Waals surface area contributed by atoms with Crippen LogP contribution in [0, 0.1) is 0 Å². The Bertz CT molecular complexity index is 974. The van der Waals surface area contributed by atoms with E-state index in [9.17, 15) is 9.90 Å². The van der Waals surface area contributed by atoms with Crippen molar-refractivity contribution in [1.29, 1.82) is 0 Å². The normalized spacial score (nSPS) is 14.0. The van der Waals surface area contributed by atoms with Crippen molar-refractivity contribution >= 4 is 28.8 Å². The Hall–Kier alpha value is -3.20. The zero-order valence-corrected chi connectivity index (χ0v) is 16.2. The van der Waals surface area contributed by atoms with Gasteiger partial charge in [-0.2, -0.15) is 9.97 Å². The number of hydrogen-bond acceptors (Lipinski definition) is 7. The summed E-state index contributed by atoms with van der Waals surface area (Å²) in [6.45, 7) is 2.63. The van der Waals surface area contributed by atoms with E-state index in [1.165, 1.54) is 0 Å². The Kier molecular flexibility index (Phi) is 5.85. The summed E-state index contributed by atoms with van der Waals surface area (Å²) in [5, 5.41) is 15.5. The van der Waals surface area contributed by atoms with E-state index in [-0.39, 0.29) is 12.5 Å². The molecule has 0 spiro atoms. The van der Waals surface area contributed by atoms with Crippen molar-refractivity contribution in [2.75, 3.05) is 43.4 Å². The second kappa shape index (κ2) is 8.87. The van der Waals surface area contributed by atoms with E-state index in [4.69, 9.17) is 0 Å². The molecule has 9 heteroatoms. The van der Waals surface area contributed by atoms with E-state index in [1.807, 2.05) is 39.8 Å². The number of rotatable bonds is 9. The molecule has 3 N–H and O–H groups in total. The summed E-state index contributed by atoms with van der Waals surface area (Å²) in [5.41, 5.74) is 2.29. The first kappa shape index (κ1) is 19.1. The summed E-state index contributed by atoms with van der Waals surface area (Å²) in [6, 6.07) is 9.87. The number of aromatic nitrogens is 4. The standard InChI is InChI=1S/C20H25N7O2/c28-13-10-21-18-17-19(27(14-23-17)15-6-2-1-3-7-15)25-20(24-18)22-9-5-12-26-11-4-8-16(26)29/h1-3,6-7,14,28H,4-5,8-13H2,(H2,21,22,24,25). The molecule has 2 aromatic heterocycles. The maximum Gasteiger partial charge on any atom is 0.226 e. The Morgan fingerprint density at radius 2 is 1.97 bits per heavy atom. The van der Waals surface area contributed by atoms with Gasteiger partial charge in [-0.05, 0) is 25.0 Å². The van der Waals surface area contributed by atoms with E-state index < -0.39 is 0 Å². The average Bonchev–Trinajstić information content (AvgIpc) is 3.36. The number of fused-ring (bicyclic) bond motifs is 1. The average molecular weight is 395 g/mol. The van der Waals surface area contributed by atoms with Crippen LogP contribution in [0.5, 0.6) is 0 Å². The Balaban J connectivity index is 1.53. The van der Waals surface area contributed by atoms with Gasteiger partial charge in [0, 0.05) is 38.3 Å². The highest BCUT2D eigenvalue weighted by molar-refractivity contribution is 5.85. The molecule has 29 heavy (non-hydrogen) atoms. The number of para-hydroxylation sites is 1. The van der Waals surface area contributed by atoms with Gasteiger partial charge in [0.25, 0.3) is 0 Å².